The molecule has 0 atom stereocenters. The average molecular weight is 233 g/mol. The van der Waals surface area contributed by atoms with E-state index < -0.39 is 0 Å². The molecule has 1 aliphatic heterocycles. The lowest BCUT2D eigenvalue weighted by atomic mass is 10.1. The van der Waals surface area contributed by atoms with E-state index in [-0.39, 0.29) is 17.4 Å². The van der Waals surface area contributed by atoms with Gasteiger partial charge in [0.2, 0.25) is 0 Å². The summed E-state index contributed by atoms with van der Waals surface area (Å²) >= 11 is 0. The molecule has 2 N–H and O–H groups in total. The van der Waals surface area contributed by atoms with Gasteiger partial charge < -0.3 is 15.1 Å². The molecule has 4 heteroatoms. The van der Waals surface area contributed by atoms with Gasteiger partial charge in [0.15, 0.2) is 11.5 Å². The Morgan fingerprint density at radius 1 is 1.29 bits per heavy atom. The maximum Gasteiger partial charge on any atom is 0.254 e. The van der Waals surface area contributed by atoms with E-state index in [0.29, 0.717) is 18.7 Å². The third-order valence-corrected chi connectivity index (χ3v) is 2.84. The van der Waals surface area contributed by atoms with E-state index in [1.54, 1.807) is 4.90 Å². The zero-order valence-electron chi connectivity index (χ0n) is 9.68. The number of hydrogen-bond acceptors (Lipinski definition) is 3. The molecule has 1 amide bonds. The maximum absolute atomic E-state index is 12.1. The van der Waals surface area contributed by atoms with Crippen LogP contribution in [0, 0.1) is 0 Å². The Labute approximate surface area is 99.8 Å². The van der Waals surface area contributed by atoms with Gasteiger partial charge in [0.1, 0.15) is 0 Å². The van der Waals surface area contributed by atoms with Crippen LogP contribution in [0.5, 0.6) is 11.5 Å². The van der Waals surface area contributed by atoms with Crippen LogP contribution in [-0.4, -0.2) is 34.1 Å². The van der Waals surface area contributed by atoms with Crippen molar-refractivity contribution in [2.45, 2.75) is 13.3 Å². The van der Waals surface area contributed by atoms with E-state index in [1.165, 1.54) is 23.8 Å². The predicted octanol–water partition coefficient (Wildman–Crippen LogP) is 1.89. The van der Waals surface area contributed by atoms with Crippen molar-refractivity contribution < 1.29 is 15.0 Å². The van der Waals surface area contributed by atoms with Crippen molar-refractivity contribution in [1.29, 1.82) is 0 Å². The number of aromatic hydroxyl groups is 2. The molecule has 2 rings (SSSR count). The van der Waals surface area contributed by atoms with Crippen LogP contribution in [0.25, 0.3) is 0 Å². The van der Waals surface area contributed by atoms with Gasteiger partial charge in [0, 0.05) is 18.7 Å². The molecule has 0 saturated carbocycles. The van der Waals surface area contributed by atoms with E-state index >= 15 is 0 Å². The molecule has 17 heavy (non-hydrogen) atoms. The van der Waals surface area contributed by atoms with Crippen LogP contribution in [0.3, 0.4) is 0 Å². The number of hydrogen-bond donors (Lipinski definition) is 2. The van der Waals surface area contributed by atoms with Gasteiger partial charge in [-0.25, -0.2) is 0 Å². The van der Waals surface area contributed by atoms with Gasteiger partial charge in [-0.15, -0.1) is 0 Å². The van der Waals surface area contributed by atoms with Crippen LogP contribution in [0.2, 0.25) is 0 Å². The van der Waals surface area contributed by atoms with E-state index in [4.69, 9.17) is 0 Å². The number of carbonyl (C=O) groups excluding carboxylic acids is 1. The van der Waals surface area contributed by atoms with Crippen LogP contribution in [0.4, 0.5) is 0 Å². The van der Waals surface area contributed by atoms with Crippen molar-refractivity contribution in [2.24, 2.45) is 0 Å². The van der Waals surface area contributed by atoms with E-state index in [1.807, 2.05) is 6.92 Å². The zero-order chi connectivity index (χ0) is 12.4. The first-order valence-electron chi connectivity index (χ1n) is 5.55. The lowest BCUT2D eigenvalue weighted by Gasteiger charge is -2.26. The second kappa shape index (κ2) is 4.49. The first-order valence-corrected chi connectivity index (χ1v) is 5.55. The second-order valence-corrected chi connectivity index (χ2v) is 4.27. The summed E-state index contributed by atoms with van der Waals surface area (Å²) in [6.07, 6.45) is 2.99. The first kappa shape index (κ1) is 11.5. The number of benzene rings is 1. The van der Waals surface area contributed by atoms with Crippen LogP contribution in [0.1, 0.15) is 23.7 Å². The Hall–Kier alpha value is -1.97. The minimum atomic E-state index is -0.264. The maximum atomic E-state index is 12.1. The molecule has 90 valence electrons. The number of amides is 1. The molecule has 0 saturated heterocycles. The molecule has 0 aliphatic carbocycles. The fourth-order valence-corrected chi connectivity index (χ4v) is 1.92. The molecule has 0 aromatic heterocycles. The Kier molecular flexibility index (Phi) is 3.04. The molecule has 0 fully saturated rings. The Bertz CT molecular complexity index is 480. The standard InChI is InChI=1S/C13H15NO3/c1-9-3-2-6-14(8-9)13(17)10-4-5-11(15)12(16)7-10/h3-5,7,15-16H,2,6,8H2,1H3. The number of nitrogens with zero attached hydrogens (tertiary/aromatic N) is 1. The molecular weight excluding hydrogens is 218 g/mol. The van der Waals surface area contributed by atoms with Crippen molar-refractivity contribution in [1.82, 2.24) is 4.90 Å². The van der Waals surface area contributed by atoms with Gasteiger partial charge in [-0.05, 0) is 31.5 Å². The summed E-state index contributed by atoms with van der Waals surface area (Å²) in [6.45, 7) is 3.31. The van der Waals surface area contributed by atoms with Crippen molar-refractivity contribution >= 4 is 5.91 Å². The highest BCUT2D eigenvalue weighted by Crippen LogP contribution is 2.26. The van der Waals surface area contributed by atoms with Gasteiger partial charge in [0.05, 0.1) is 0 Å². The fraction of sp³-hybridized carbons (Fsp3) is 0.308. The van der Waals surface area contributed by atoms with Crippen molar-refractivity contribution in [3.63, 3.8) is 0 Å². The van der Waals surface area contributed by atoms with Crippen LogP contribution < -0.4 is 0 Å². The molecule has 0 unspecified atom stereocenters. The fourth-order valence-electron chi connectivity index (χ4n) is 1.92. The quantitative estimate of drug-likeness (QED) is 0.575. The molecule has 1 aromatic rings. The van der Waals surface area contributed by atoms with Gasteiger partial charge in [-0.2, -0.15) is 0 Å². The highest BCUT2D eigenvalue weighted by Gasteiger charge is 2.18. The van der Waals surface area contributed by atoms with E-state index in [0.717, 1.165) is 6.42 Å². The van der Waals surface area contributed by atoms with Gasteiger partial charge >= 0.3 is 0 Å². The summed E-state index contributed by atoms with van der Waals surface area (Å²) in [5, 5.41) is 18.6. The van der Waals surface area contributed by atoms with Crippen LogP contribution in [-0.2, 0) is 0 Å². The molecule has 0 radical (unpaired) electrons. The third kappa shape index (κ3) is 2.41. The number of phenols is 2. The lowest BCUT2D eigenvalue weighted by molar-refractivity contribution is 0.0765. The van der Waals surface area contributed by atoms with Crippen molar-refractivity contribution in [2.75, 3.05) is 13.1 Å². The minimum absolute atomic E-state index is 0.118. The Morgan fingerprint density at radius 2 is 2.06 bits per heavy atom. The average Bonchev–Trinajstić information content (AvgIpc) is 2.32. The molecule has 1 aromatic carbocycles. The normalized spacial score (nSPS) is 15.6. The monoisotopic (exact) mass is 233 g/mol. The topological polar surface area (TPSA) is 60.8 Å². The van der Waals surface area contributed by atoms with Gasteiger partial charge in [-0.1, -0.05) is 11.6 Å². The number of carbonyl (C=O) groups is 1. The van der Waals surface area contributed by atoms with Crippen LogP contribution in [0.15, 0.2) is 29.8 Å². The number of phenolic OH excluding ortho intramolecular Hbond substituents is 2. The smallest absolute Gasteiger partial charge is 0.254 e. The first-order chi connectivity index (χ1) is 8.08. The summed E-state index contributed by atoms with van der Waals surface area (Å²) in [4.78, 5) is 13.9. The predicted molar refractivity (Wildman–Crippen MR) is 64.0 cm³/mol. The summed E-state index contributed by atoms with van der Waals surface area (Å²) in [6, 6.07) is 4.14. The van der Waals surface area contributed by atoms with Gasteiger partial charge in [0.25, 0.3) is 5.91 Å². The van der Waals surface area contributed by atoms with Crippen LogP contribution >= 0.6 is 0 Å². The lowest BCUT2D eigenvalue weighted by Crippen LogP contribution is -2.35. The number of rotatable bonds is 1. The SMILES string of the molecule is CC1=CCCN(C(=O)c2ccc(O)c(O)c2)C1. The molecular formula is C13H15NO3. The summed E-state index contributed by atoms with van der Waals surface area (Å²) in [7, 11) is 0. The van der Waals surface area contributed by atoms with Crippen molar-refractivity contribution in [3.05, 3.63) is 35.4 Å². The highest BCUT2D eigenvalue weighted by molar-refractivity contribution is 5.95. The summed E-state index contributed by atoms with van der Waals surface area (Å²) in [5.41, 5.74) is 1.57. The largest absolute Gasteiger partial charge is 0.504 e. The highest BCUT2D eigenvalue weighted by atomic mass is 16.3. The molecule has 1 heterocycles. The summed E-state index contributed by atoms with van der Waals surface area (Å²) < 4.78 is 0. The Balaban J connectivity index is 2.19. The molecule has 4 nitrogen and oxygen atoms in total. The van der Waals surface area contributed by atoms with Crippen molar-refractivity contribution in [3.8, 4) is 11.5 Å². The van der Waals surface area contributed by atoms with E-state index in [2.05, 4.69) is 6.08 Å². The second-order valence-electron chi connectivity index (χ2n) is 4.27. The molecule has 0 bridgehead atoms. The van der Waals surface area contributed by atoms with Gasteiger partial charge in [-0.3, -0.25) is 4.79 Å². The molecule has 0 spiro atoms. The van der Waals surface area contributed by atoms with E-state index in [9.17, 15) is 15.0 Å². The minimum Gasteiger partial charge on any atom is -0.504 e. The third-order valence-electron chi connectivity index (χ3n) is 2.84. The zero-order valence-corrected chi connectivity index (χ0v) is 9.68. The molecule has 1 aliphatic rings. The Morgan fingerprint density at radius 3 is 2.71 bits per heavy atom. The summed E-state index contributed by atoms with van der Waals surface area (Å²) in [5.74, 6) is -0.593.